The largest absolute Gasteiger partial charge is 0.496 e. The molecule has 0 amide bonds. The van der Waals surface area contributed by atoms with Gasteiger partial charge in [-0.3, -0.25) is 4.90 Å². The van der Waals surface area contributed by atoms with Gasteiger partial charge in [0, 0.05) is 12.6 Å². The molecule has 0 radical (unpaired) electrons. The standard InChI is InChI=1S/C16H24BrNO/c1-12-6-4-5-7-15(12)18(2)11-13-8-9-16(19-3)14(17)10-13/h8-10,12,15H,4-7,11H2,1-3H3. The van der Waals surface area contributed by atoms with Crippen LogP contribution in [0.4, 0.5) is 0 Å². The van der Waals surface area contributed by atoms with Gasteiger partial charge in [0.05, 0.1) is 11.6 Å². The van der Waals surface area contributed by atoms with Crippen LogP contribution in [0.5, 0.6) is 5.75 Å². The predicted octanol–water partition coefficient (Wildman–Crippen LogP) is 4.47. The van der Waals surface area contributed by atoms with Gasteiger partial charge in [-0.15, -0.1) is 0 Å². The first-order valence-electron chi connectivity index (χ1n) is 7.14. The molecule has 0 spiro atoms. The average Bonchev–Trinajstić information content (AvgIpc) is 2.39. The van der Waals surface area contributed by atoms with Gasteiger partial charge in [0.1, 0.15) is 5.75 Å². The lowest BCUT2D eigenvalue weighted by molar-refractivity contribution is 0.133. The van der Waals surface area contributed by atoms with Gasteiger partial charge in [-0.1, -0.05) is 25.8 Å². The van der Waals surface area contributed by atoms with Crippen LogP contribution >= 0.6 is 15.9 Å². The maximum absolute atomic E-state index is 5.28. The fourth-order valence-electron chi connectivity index (χ4n) is 3.16. The topological polar surface area (TPSA) is 12.5 Å². The minimum absolute atomic E-state index is 0.731. The molecule has 1 saturated carbocycles. The van der Waals surface area contributed by atoms with Crippen LogP contribution in [0, 0.1) is 5.92 Å². The Morgan fingerprint density at radius 3 is 2.68 bits per heavy atom. The molecule has 2 rings (SSSR count). The Bertz CT molecular complexity index is 421. The third kappa shape index (κ3) is 3.73. The number of hydrogen-bond donors (Lipinski definition) is 0. The second-order valence-electron chi connectivity index (χ2n) is 5.71. The maximum atomic E-state index is 5.28. The minimum Gasteiger partial charge on any atom is -0.496 e. The Labute approximate surface area is 125 Å². The molecule has 0 heterocycles. The van der Waals surface area contributed by atoms with Gasteiger partial charge in [-0.25, -0.2) is 0 Å². The summed E-state index contributed by atoms with van der Waals surface area (Å²) >= 11 is 3.56. The molecule has 2 nitrogen and oxygen atoms in total. The molecule has 2 atom stereocenters. The zero-order valence-corrected chi connectivity index (χ0v) is 13.7. The molecule has 0 bridgehead atoms. The quantitative estimate of drug-likeness (QED) is 0.809. The van der Waals surface area contributed by atoms with E-state index in [9.17, 15) is 0 Å². The van der Waals surface area contributed by atoms with E-state index >= 15 is 0 Å². The van der Waals surface area contributed by atoms with E-state index in [1.165, 1.54) is 31.2 Å². The Morgan fingerprint density at radius 1 is 1.32 bits per heavy atom. The summed E-state index contributed by atoms with van der Waals surface area (Å²) in [5, 5.41) is 0. The SMILES string of the molecule is COc1ccc(CN(C)C2CCCCC2C)cc1Br. The Balaban J connectivity index is 2.01. The van der Waals surface area contributed by atoms with Crippen molar-refractivity contribution in [3.05, 3.63) is 28.2 Å². The highest BCUT2D eigenvalue weighted by molar-refractivity contribution is 9.10. The third-order valence-electron chi connectivity index (χ3n) is 4.28. The van der Waals surface area contributed by atoms with Gasteiger partial charge < -0.3 is 4.74 Å². The van der Waals surface area contributed by atoms with E-state index in [2.05, 4.69) is 46.9 Å². The maximum Gasteiger partial charge on any atom is 0.133 e. The molecule has 0 aromatic heterocycles. The number of rotatable bonds is 4. The van der Waals surface area contributed by atoms with Crippen LogP contribution < -0.4 is 4.74 Å². The van der Waals surface area contributed by atoms with Crippen LogP contribution in [0.25, 0.3) is 0 Å². The first-order chi connectivity index (χ1) is 9.11. The molecule has 1 aromatic rings. The van der Waals surface area contributed by atoms with Gasteiger partial charge >= 0.3 is 0 Å². The van der Waals surface area contributed by atoms with Crippen molar-refractivity contribution in [1.82, 2.24) is 4.90 Å². The highest BCUT2D eigenvalue weighted by atomic mass is 79.9. The van der Waals surface area contributed by atoms with Gasteiger partial charge in [-0.2, -0.15) is 0 Å². The van der Waals surface area contributed by atoms with Crippen molar-refractivity contribution in [2.24, 2.45) is 5.92 Å². The van der Waals surface area contributed by atoms with Crippen molar-refractivity contribution in [2.75, 3.05) is 14.2 Å². The second-order valence-corrected chi connectivity index (χ2v) is 6.57. The van der Waals surface area contributed by atoms with Crippen molar-refractivity contribution in [3.63, 3.8) is 0 Å². The fraction of sp³-hybridized carbons (Fsp3) is 0.625. The van der Waals surface area contributed by atoms with E-state index in [4.69, 9.17) is 4.74 Å². The van der Waals surface area contributed by atoms with Gasteiger partial charge in [0.15, 0.2) is 0 Å². The van der Waals surface area contributed by atoms with E-state index in [0.29, 0.717) is 0 Å². The van der Waals surface area contributed by atoms with Crippen LogP contribution in [0.15, 0.2) is 22.7 Å². The summed E-state index contributed by atoms with van der Waals surface area (Å²) in [7, 11) is 3.96. The number of benzene rings is 1. The Hall–Kier alpha value is -0.540. The molecule has 3 heteroatoms. The second kappa shape index (κ2) is 6.76. The molecule has 1 aromatic carbocycles. The number of hydrogen-bond acceptors (Lipinski definition) is 2. The molecule has 1 aliphatic rings. The van der Waals surface area contributed by atoms with E-state index in [-0.39, 0.29) is 0 Å². The lowest BCUT2D eigenvalue weighted by Crippen LogP contribution is -2.38. The summed E-state index contributed by atoms with van der Waals surface area (Å²) in [5.74, 6) is 1.72. The summed E-state index contributed by atoms with van der Waals surface area (Å²) in [5.41, 5.74) is 1.34. The van der Waals surface area contributed by atoms with Crippen LogP contribution in [0.3, 0.4) is 0 Å². The molecule has 1 fully saturated rings. The van der Waals surface area contributed by atoms with E-state index < -0.39 is 0 Å². The van der Waals surface area contributed by atoms with Crippen molar-refractivity contribution in [1.29, 1.82) is 0 Å². The fourth-order valence-corrected chi connectivity index (χ4v) is 3.75. The third-order valence-corrected chi connectivity index (χ3v) is 4.90. The summed E-state index contributed by atoms with van der Waals surface area (Å²) in [6.07, 6.45) is 5.50. The van der Waals surface area contributed by atoms with Crippen molar-refractivity contribution < 1.29 is 4.74 Å². The molecule has 1 aliphatic carbocycles. The van der Waals surface area contributed by atoms with Crippen molar-refractivity contribution in [3.8, 4) is 5.75 Å². The van der Waals surface area contributed by atoms with Crippen molar-refractivity contribution in [2.45, 2.75) is 45.2 Å². The number of methoxy groups -OCH3 is 1. The number of halogens is 1. The van der Waals surface area contributed by atoms with Crippen LogP contribution in [-0.2, 0) is 6.54 Å². The monoisotopic (exact) mass is 325 g/mol. The summed E-state index contributed by atoms with van der Waals surface area (Å²) in [6, 6.07) is 7.10. The Morgan fingerprint density at radius 2 is 2.05 bits per heavy atom. The minimum atomic E-state index is 0.731. The van der Waals surface area contributed by atoms with Gasteiger partial charge in [0.25, 0.3) is 0 Å². The molecular weight excluding hydrogens is 302 g/mol. The lowest BCUT2D eigenvalue weighted by atomic mass is 9.85. The van der Waals surface area contributed by atoms with Crippen molar-refractivity contribution >= 4 is 15.9 Å². The number of nitrogens with zero attached hydrogens (tertiary/aromatic N) is 1. The van der Waals surface area contributed by atoms with E-state index in [1.807, 2.05) is 6.07 Å². The summed E-state index contributed by atoms with van der Waals surface area (Å²) in [4.78, 5) is 2.51. The lowest BCUT2D eigenvalue weighted by Gasteiger charge is -2.36. The zero-order valence-electron chi connectivity index (χ0n) is 12.2. The zero-order chi connectivity index (χ0) is 13.8. The summed E-state index contributed by atoms with van der Waals surface area (Å²) in [6.45, 7) is 3.40. The molecular formula is C16H24BrNO. The van der Waals surface area contributed by atoms with E-state index in [0.717, 1.165) is 28.7 Å². The van der Waals surface area contributed by atoms with Crippen LogP contribution in [0.1, 0.15) is 38.2 Å². The summed E-state index contributed by atoms with van der Waals surface area (Å²) < 4.78 is 6.32. The molecule has 19 heavy (non-hydrogen) atoms. The smallest absolute Gasteiger partial charge is 0.133 e. The first-order valence-corrected chi connectivity index (χ1v) is 7.93. The number of ether oxygens (including phenoxy) is 1. The highest BCUT2D eigenvalue weighted by Crippen LogP contribution is 2.30. The molecule has 106 valence electrons. The Kier molecular flexibility index (Phi) is 5.28. The van der Waals surface area contributed by atoms with E-state index in [1.54, 1.807) is 7.11 Å². The molecule has 0 saturated heterocycles. The van der Waals surface area contributed by atoms with Gasteiger partial charge in [-0.05, 0) is 59.4 Å². The average molecular weight is 326 g/mol. The predicted molar refractivity (Wildman–Crippen MR) is 83.6 cm³/mol. The van der Waals surface area contributed by atoms with Crippen LogP contribution in [-0.4, -0.2) is 25.1 Å². The highest BCUT2D eigenvalue weighted by Gasteiger charge is 2.24. The van der Waals surface area contributed by atoms with Gasteiger partial charge in [0.2, 0.25) is 0 Å². The normalized spacial score (nSPS) is 23.6. The molecule has 0 aliphatic heterocycles. The molecule has 0 N–H and O–H groups in total. The first kappa shape index (κ1) is 14.9. The van der Waals surface area contributed by atoms with Crippen LogP contribution in [0.2, 0.25) is 0 Å². The molecule has 2 unspecified atom stereocenters.